The summed E-state index contributed by atoms with van der Waals surface area (Å²) in [6, 6.07) is 14.7. The molecule has 0 spiro atoms. The van der Waals surface area contributed by atoms with Gasteiger partial charge in [-0.2, -0.15) is 5.26 Å². The number of nitriles is 1. The zero-order valence-electron chi connectivity index (χ0n) is 16.1. The first-order chi connectivity index (χ1) is 14.4. The van der Waals surface area contributed by atoms with Crippen LogP contribution in [-0.2, 0) is 17.8 Å². The predicted molar refractivity (Wildman–Crippen MR) is 108 cm³/mol. The maximum Gasteiger partial charge on any atom is 0.270 e. The smallest absolute Gasteiger partial charge is 0.270 e. The van der Waals surface area contributed by atoms with Gasteiger partial charge in [-0.15, -0.1) is 0 Å². The zero-order valence-corrected chi connectivity index (χ0v) is 16.1. The van der Waals surface area contributed by atoms with Crippen LogP contribution in [0.4, 0.5) is 10.2 Å². The fourth-order valence-corrected chi connectivity index (χ4v) is 2.71. The number of benzene rings is 2. The van der Waals surface area contributed by atoms with Gasteiger partial charge in [0.2, 0.25) is 5.91 Å². The van der Waals surface area contributed by atoms with Gasteiger partial charge in [-0.3, -0.25) is 9.59 Å². The second-order valence-electron chi connectivity index (χ2n) is 6.59. The zero-order chi connectivity index (χ0) is 21.5. The number of carbonyl (C=O) groups is 2. The number of anilines is 1. The number of halogens is 1. The number of amides is 2. The summed E-state index contributed by atoms with van der Waals surface area (Å²) in [5.41, 5.74) is 2.61. The number of carbonyl (C=O) groups excluding carboxylic acids is 2. The van der Waals surface area contributed by atoms with Crippen LogP contribution in [0.15, 0.2) is 54.9 Å². The molecule has 0 aliphatic heterocycles. The average molecular weight is 403 g/mol. The van der Waals surface area contributed by atoms with Crippen molar-refractivity contribution in [2.45, 2.75) is 19.9 Å². The van der Waals surface area contributed by atoms with Crippen molar-refractivity contribution in [1.82, 2.24) is 15.3 Å². The lowest BCUT2D eigenvalue weighted by atomic mass is 10.1. The number of aromatic nitrogens is 2. The Hall–Kier alpha value is -4.12. The minimum absolute atomic E-state index is 0.0949. The van der Waals surface area contributed by atoms with E-state index < -0.39 is 5.91 Å². The number of hydrogen-bond donors (Lipinski definition) is 2. The molecule has 3 aromatic rings. The third-order valence-electron chi connectivity index (χ3n) is 4.29. The summed E-state index contributed by atoms with van der Waals surface area (Å²) in [5, 5.41) is 14.1. The van der Waals surface area contributed by atoms with Crippen molar-refractivity contribution in [1.29, 1.82) is 5.26 Å². The largest absolute Gasteiger partial charge is 0.347 e. The second-order valence-corrected chi connectivity index (χ2v) is 6.59. The van der Waals surface area contributed by atoms with E-state index in [-0.39, 0.29) is 36.2 Å². The highest BCUT2D eigenvalue weighted by molar-refractivity contribution is 5.95. The Labute approximate surface area is 172 Å². The fourth-order valence-electron chi connectivity index (χ4n) is 2.71. The Morgan fingerprint density at radius 2 is 1.80 bits per heavy atom. The molecule has 7 nitrogen and oxygen atoms in total. The molecule has 0 saturated carbocycles. The van der Waals surface area contributed by atoms with E-state index in [1.807, 2.05) is 6.07 Å². The Morgan fingerprint density at radius 3 is 2.50 bits per heavy atom. The molecule has 0 unspecified atom stereocenters. The van der Waals surface area contributed by atoms with Crippen molar-refractivity contribution in [2.75, 3.05) is 5.32 Å². The quantitative estimate of drug-likeness (QED) is 0.658. The van der Waals surface area contributed by atoms with Crippen molar-refractivity contribution in [3.63, 3.8) is 0 Å². The molecule has 0 aliphatic carbocycles. The topological polar surface area (TPSA) is 108 Å². The van der Waals surface area contributed by atoms with Crippen molar-refractivity contribution >= 4 is 17.6 Å². The molecule has 30 heavy (non-hydrogen) atoms. The fraction of sp³-hybridized carbons (Fsp3) is 0.136. The van der Waals surface area contributed by atoms with Gasteiger partial charge in [-0.05, 0) is 41.8 Å². The van der Waals surface area contributed by atoms with E-state index in [0.717, 1.165) is 11.1 Å². The number of nitrogens with one attached hydrogen (secondary N) is 2. The van der Waals surface area contributed by atoms with Gasteiger partial charge in [-0.1, -0.05) is 24.3 Å². The molecule has 0 atom stereocenters. The first kappa shape index (κ1) is 20.6. The van der Waals surface area contributed by atoms with Crippen LogP contribution in [0.5, 0.6) is 0 Å². The summed E-state index contributed by atoms with van der Waals surface area (Å²) >= 11 is 0. The van der Waals surface area contributed by atoms with Crippen molar-refractivity contribution < 1.29 is 14.0 Å². The maximum absolute atomic E-state index is 13.3. The van der Waals surface area contributed by atoms with Crippen molar-refractivity contribution in [3.8, 4) is 6.07 Å². The number of rotatable bonds is 6. The first-order valence-corrected chi connectivity index (χ1v) is 9.09. The third-order valence-corrected chi connectivity index (χ3v) is 4.29. The van der Waals surface area contributed by atoms with Crippen molar-refractivity contribution in [2.24, 2.45) is 0 Å². The Bertz CT molecular complexity index is 1120. The number of hydrogen-bond acceptors (Lipinski definition) is 5. The van der Waals surface area contributed by atoms with Gasteiger partial charge in [0.1, 0.15) is 23.7 Å². The molecule has 1 aromatic heterocycles. The summed E-state index contributed by atoms with van der Waals surface area (Å²) in [6.45, 7) is 1.86. The van der Waals surface area contributed by atoms with E-state index in [2.05, 4.69) is 20.6 Å². The molecule has 2 N–H and O–H groups in total. The maximum atomic E-state index is 13.3. The summed E-state index contributed by atoms with van der Waals surface area (Å²) in [4.78, 5) is 32.5. The molecule has 8 heteroatoms. The van der Waals surface area contributed by atoms with Gasteiger partial charge >= 0.3 is 0 Å². The molecule has 150 valence electrons. The van der Waals surface area contributed by atoms with Gasteiger partial charge in [0, 0.05) is 12.6 Å². The molecule has 3 rings (SSSR count). The Kier molecular flexibility index (Phi) is 6.45. The van der Waals surface area contributed by atoms with E-state index in [1.165, 1.54) is 18.5 Å². The van der Waals surface area contributed by atoms with Gasteiger partial charge in [0.15, 0.2) is 0 Å². The molecule has 0 bridgehead atoms. The molecular weight excluding hydrogens is 385 g/mol. The number of aryl methyl sites for hydroxylation is 1. The second kappa shape index (κ2) is 9.39. The highest BCUT2D eigenvalue weighted by Gasteiger charge is 2.11. The number of nitrogens with zero attached hydrogens (tertiary/aromatic N) is 3. The molecule has 2 aromatic carbocycles. The highest BCUT2D eigenvalue weighted by atomic mass is 19.1. The van der Waals surface area contributed by atoms with Gasteiger partial charge < -0.3 is 10.6 Å². The molecule has 1 heterocycles. The molecular formula is C22H18FN5O2. The monoisotopic (exact) mass is 403 g/mol. The van der Waals surface area contributed by atoms with Crippen LogP contribution in [0.1, 0.15) is 32.7 Å². The normalized spacial score (nSPS) is 10.2. The van der Waals surface area contributed by atoms with Gasteiger partial charge in [0.05, 0.1) is 18.1 Å². The molecule has 2 amide bonds. The van der Waals surface area contributed by atoms with E-state index in [9.17, 15) is 14.0 Å². The van der Waals surface area contributed by atoms with E-state index in [0.29, 0.717) is 11.1 Å². The van der Waals surface area contributed by atoms with Crippen LogP contribution in [-0.4, -0.2) is 21.8 Å². The van der Waals surface area contributed by atoms with Gasteiger partial charge in [0.25, 0.3) is 5.91 Å². The van der Waals surface area contributed by atoms with E-state index in [1.54, 1.807) is 43.3 Å². The molecule has 0 radical (unpaired) electrons. The lowest BCUT2D eigenvalue weighted by molar-refractivity contribution is -0.115. The molecule has 0 saturated heterocycles. The molecule has 0 fully saturated rings. The first-order valence-electron chi connectivity index (χ1n) is 9.09. The van der Waals surface area contributed by atoms with Crippen LogP contribution < -0.4 is 10.6 Å². The predicted octanol–water partition coefficient (Wildman–Crippen LogP) is 2.91. The van der Waals surface area contributed by atoms with E-state index >= 15 is 0 Å². The summed E-state index contributed by atoms with van der Waals surface area (Å²) < 4.78 is 13.3. The highest BCUT2D eigenvalue weighted by Crippen LogP contribution is 2.10. The van der Waals surface area contributed by atoms with Gasteiger partial charge in [-0.25, -0.2) is 14.4 Å². The van der Waals surface area contributed by atoms with E-state index in [4.69, 9.17) is 5.26 Å². The Morgan fingerprint density at radius 1 is 1.07 bits per heavy atom. The third kappa shape index (κ3) is 5.45. The average Bonchev–Trinajstić information content (AvgIpc) is 2.75. The lowest BCUT2D eigenvalue weighted by Gasteiger charge is -2.08. The standard InChI is InChI=1S/C22H18FN5O2/c1-14-8-17(6-7-18(14)23)12-25-22(30)19-10-20(27-13-26-19)28-21(29)9-15-2-4-16(11-24)5-3-15/h2-8,10,13H,9,12H2,1H3,(H,25,30)(H,26,27,28,29). The Balaban J connectivity index is 1.58. The summed E-state index contributed by atoms with van der Waals surface area (Å²) in [5.74, 6) is -0.859. The summed E-state index contributed by atoms with van der Waals surface area (Å²) in [6.07, 6.45) is 1.29. The lowest BCUT2D eigenvalue weighted by Crippen LogP contribution is -2.24. The molecule has 0 aliphatic rings. The van der Waals surface area contributed by atoms with Crippen LogP contribution >= 0.6 is 0 Å². The minimum atomic E-state index is -0.443. The van der Waals surface area contributed by atoms with Crippen LogP contribution in [0.3, 0.4) is 0 Å². The SMILES string of the molecule is Cc1cc(CNC(=O)c2cc(NC(=O)Cc3ccc(C#N)cc3)ncn2)ccc1F. The van der Waals surface area contributed by atoms with Crippen LogP contribution in [0.25, 0.3) is 0 Å². The minimum Gasteiger partial charge on any atom is -0.347 e. The van der Waals surface area contributed by atoms with Crippen LogP contribution in [0, 0.1) is 24.1 Å². The van der Waals surface area contributed by atoms with Crippen LogP contribution in [0.2, 0.25) is 0 Å². The summed E-state index contributed by atoms with van der Waals surface area (Å²) in [7, 11) is 0. The van der Waals surface area contributed by atoms with Crippen molar-refractivity contribution in [3.05, 3.63) is 88.6 Å².